The molecule has 28 heavy (non-hydrogen) atoms. The van der Waals surface area contributed by atoms with Gasteiger partial charge < -0.3 is 9.47 Å². The highest BCUT2D eigenvalue weighted by Gasteiger charge is 2.69. The fraction of sp³-hybridized carbons (Fsp3) is 0.708. The van der Waals surface area contributed by atoms with E-state index in [4.69, 9.17) is 9.47 Å². The number of hydrogen-bond donors (Lipinski definition) is 0. The van der Waals surface area contributed by atoms with Crippen LogP contribution < -0.4 is 9.47 Å². The Balaban J connectivity index is 1.52. The summed E-state index contributed by atoms with van der Waals surface area (Å²) >= 11 is 0. The van der Waals surface area contributed by atoms with Crippen molar-refractivity contribution in [3.8, 4) is 11.5 Å². The second-order valence-corrected chi connectivity index (χ2v) is 10.1. The fourth-order valence-electron chi connectivity index (χ4n) is 7.40. The average molecular weight is 382 g/mol. The second-order valence-electron chi connectivity index (χ2n) is 10.1. The lowest BCUT2D eigenvalue weighted by atomic mass is 9.47. The Hall–Kier alpha value is -1.55. The van der Waals surface area contributed by atoms with Crippen molar-refractivity contribution in [3.63, 3.8) is 0 Å². The zero-order chi connectivity index (χ0) is 19.2. The first-order valence-electron chi connectivity index (χ1n) is 11.2. The molecule has 1 aromatic rings. The van der Waals surface area contributed by atoms with Crippen LogP contribution in [0.5, 0.6) is 11.5 Å². The number of rotatable bonds is 3. The summed E-state index contributed by atoms with van der Waals surface area (Å²) in [6.07, 6.45) is 6.01. The minimum absolute atomic E-state index is 0.0659. The Labute approximate surface area is 167 Å². The third kappa shape index (κ3) is 1.93. The number of benzene rings is 1. The molecule has 2 aliphatic heterocycles. The maximum atomic E-state index is 13.4. The summed E-state index contributed by atoms with van der Waals surface area (Å²) in [5.41, 5.74) is 2.59. The molecule has 4 heteroatoms. The lowest BCUT2D eigenvalue weighted by Crippen LogP contribution is -2.70. The van der Waals surface area contributed by atoms with Gasteiger partial charge in [0.05, 0.1) is 7.11 Å². The quantitative estimate of drug-likeness (QED) is 0.802. The highest BCUT2D eigenvalue weighted by Crippen LogP contribution is 2.65. The van der Waals surface area contributed by atoms with Gasteiger partial charge in [0.15, 0.2) is 23.4 Å². The van der Waals surface area contributed by atoms with Gasteiger partial charge in [-0.15, -0.1) is 0 Å². The predicted octanol–water partition coefficient (Wildman–Crippen LogP) is 3.60. The Bertz CT molecular complexity index is 846. The first-order chi connectivity index (χ1) is 13.6. The van der Waals surface area contributed by atoms with Crippen molar-refractivity contribution in [2.24, 2.45) is 23.7 Å². The summed E-state index contributed by atoms with van der Waals surface area (Å²) < 4.78 is 12.1. The van der Waals surface area contributed by atoms with Gasteiger partial charge in [-0.05, 0) is 61.6 Å². The molecule has 2 heterocycles. The van der Waals surface area contributed by atoms with E-state index in [-0.39, 0.29) is 17.4 Å². The van der Waals surface area contributed by atoms with Gasteiger partial charge in [-0.2, -0.15) is 0 Å². The Morgan fingerprint density at radius 1 is 1.29 bits per heavy atom. The van der Waals surface area contributed by atoms with E-state index in [1.54, 1.807) is 7.11 Å². The van der Waals surface area contributed by atoms with E-state index >= 15 is 0 Å². The van der Waals surface area contributed by atoms with Crippen molar-refractivity contribution >= 4 is 5.78 Å². The van der Waals surface area contributed by atoms with Gasteiger partial charge in [0.2, 0.25) is 0 Å². The number of methoxy groups -OCH3 is 1. The van der Waals surface area contributed by atoms with E-state index in [1.165, 1.54) is 36.9 Å². The minimum Gasteiger partial charge on any atom is -0.493 e. The summed E-state index contributed by atoms with van der Waals surface area (Å²) in [6, 6.07) is 4.83. The number of carbonyl (C=O) groups excluding carboxylic acids is 1. The SMILES string of the molecule is COc1ccc2c3c1O[C@H]1C(=O)[C@@H](C)[C@H](C)[C@H]4[C@@H](C2)N(CC2CCC2)CC[C@@]341. The van der Waals surface area contributed by atoms with Crippen molar-refractivity contribution < 1.29 is 14.3 Å². The molecular formula is C24H31NO3. The molecule has 4 nitrogen and oxygen atoms in total. The van der Waals surface area contributed by atoms with E-state index in [0.717, 1.165) is 36.8 Å². The second kappa shape index (κ2) is 5.75. The van der Waals surface area contributed by atoms with Crippen LogP contribution in [0, 0.1) is 23.7 Å². The molecule has 5 aliphatic rings. The highest BCUT2D eigenvalue weighted by molar-refractivity contribution is 5.91. The van der Waals surface area contributed by atoms with Crippen molar-refractivity contribution in [2.45, 2.75) is 63.5 Å². The number of likely N-dealkylation sites (tertiary alicyclic amines) is 1. The molecule has 2 bridgehead atoms. The maximum absolute atomic E-state index is 13.4. The maximum Gasteiger partial charge on any atom is 0.177 e. The van der Waals surface area contributed by atoms with Gasteiger partial charge in [0, 0.05) is 29.5 Å². The van der Waals surface area contributed by atoms with Crippen molar-refractivity contribution in [2.75, 3.05) is 20.2 Å². The topological polar surface area (TPSA) is 38.8 Å². The van der Waals surface area contributed by atoms with Crippen LogP contribution in [0.2, 0.25) is 0 Å². The number of ketones is 1. The number of ether oxygens (including phenoxy) is 2. The molecule has 1 saturated heterocycles. The Kier molecular flexibility index (Phi) is 3.56. The summed E-state index contributed by atoms with van der Waals surface area (Å²) in [7, 11) is 1.71. The molecular weight excluding hydrogens is 350 g/mol. The monoisotopic (exact) mass is 381 g/mol. The van der Waals surface area contributed by atoms with E-state index in [1.807, 2.05) is 6.07 Å². The molecule has 6 atom stereocenters. The van der Waals surface area contributed by atoms with Gasteiger partial charge in [-0.25, -0.2) is 0 Å². The van der Waals surface area contributed by atoms with E-state index < -0.39 is 0 Å². The van der Waals surface area contributed by atoms with Gasteiger partial charge in [-0.3, -0.25) is 9.69 Å². The molecule has 0 amide bonds. The predicted molar refractivity (Wildman–Crippen MR) is 107 cm³/mol. The zero-order valence-electron chi connectivity index (χ0n) is 17.2. The Morgan fingerprint density at radius 3 is 2.82 bits per heavy atom. The van der Waals surface area contributed by atoms with Crippen molar-refractivity contribution in [1.29, 1.82) is 0 Å². The third-order valence-corrected chi connectivity index (χ3v) is 9.10. The molecule has 0 N–H and O–H groups in total. The molecule has 0 radical (unpaired) electrons. The number of Topliss-reactive ketones (excluding diaryl/α,β-unsaturated/α-hetero) is 1. The first-order valence-corrected chi connectivity index (χ1v) is 11.2. The summed E-state index contributed by atoms with van der Waals surface area (Å²) in [6.45, 7) is 6.80. The lowest BCUT2D eigenvalue weighted by Gasteiger charge is -2.61. The van der Waals surface area contributed by atoms with Gasteiger partial charge in [-0.1, -0.05) is 26.3 Å². The third-order valence-electron chi connectivity index (χ3n) is 9.10. The summed E-state index contributed by atoms with van der Waals surface area (Å²) in [5.74, 6) is 3.82. The molecule has 0 unspecified atom stereocenters. The standard InChI is InChI=1S/C24H31NO3/c1-13-14(2)21(26)23-24-9-10-25(12-15-5-4-6-15)17(19(13)24)11-16-7-8-18(27-3)22(28-23)20(16)24/h7-8,13-15,17,19,23H,4-6,9-12H2,1-3H3/t13-,14-,17+,19-,23-,24-/m0/s1. The van der Waals surface area contributed by atoms with Crippen LogP contribution >= 0.6 is 0 Å². The van der Waals surface area contributed by atoms with Crippen LogP contribution in [0.1, 0.15) is 50.7 Å². The molecule has 0 aromatic heterocycles. The van der Waals surface area contributed by atoms with Crippen LogP contribution in [-0.4, -0.2) is 43.0 Å². The molecule has 3 fully saturated rings. The summed E-state index contributed by atoms with van der Waals surface area (Å²) in [5, 5.41) is 0. The smallest absolute Gasteiger partial charge is 0.177 e. The van der Waals surface area contributed by atoms with E-state index in [0.29, 0.717) is 23.7 Å². The van der Waals surface area contributed by atoms with Crippen molar-refractivity contribution in [3.05, 3.63) is 23.3 Å². The normalized spacial score (nSPS) is 41.2. The number of carbonyl (C=O) groups is 1. The number of hydrogen-bond acceptors (Lipinski definition) is 4. The number of piperidine rings is 1. The molecule has 3 aliphatic carbocycles. The largest absolute Gasteiger partial charge is 0.493 e. The zero-order valence-corrected chi connectivity index (χ0v) is 17.2. The van der Waals surface area contributed by atoms with Gasteiger partial charge in [0.25, 0.3) is 0 Å². The van der Waals surface area contributed by atoms with Crippen LogP contribution in [0.25, 0.3) is 0 Å². The lowest BCUT2D eigenvalue weighted by molar-refractivity contribution is -0.152. The van der Waals surface area contributed by atoms with Gasteiger partial charge in [0.1, 0.15) is 0 Å². The fourth-order valence-corrected chi connectivity index (χ4v) is 7.40. The molecule has 1 aromatic carbocycles. The number of nitrogens with zero attached hydrogens (tertiary/aromatic N) is 1. The molecule has 150 valence electrons. The average Bonchev–Trinajstić information content (AvgIpc) is 3.00. The van der Waals surface area contributed by atoms with E-state index in [9.17, 15) is 4.79 Å². The molecule has 1 spiro atoms. The van der Waals surface area contributed by atoms with E-state index in [2.05, 4.69) is 24.8 Å². The van der Waals surface area contributed by atoms with Crippen LogP contribution in [0.15, 0.2) is 12.1 Å². The summed E-state index contributed by atoms with van der Waals surface area (Å²) in [4.78, 5) is 16.2. The van der Waals surface area contributed by atoms with Gasteiger partial charge >= 0.3 is 0 Å². The van der Waals surface area contributed by atoms with Crippen LogP contribution in [0.3, 0.4) is 0 Å². The minimum atomic E-state index is -0.317. The highest BCUT2D eigenvalue weighted by atomic mass is 16.5. The van der Waals surface area contributed by atoms with Crippen molar-refractivity contribution in [1.82, 2.24) is 4.90 Å². The molecule has 2 saturated carbocycles. The Morgan fingerprint density at radius 2 is 2.11 bits per heavy atom. The van der Waals surface area contributed by atoms with Crippen LogP contribution in [-0.2, 0) is 16.6 Å². The first kappa shape index (κ1) is 17.3. The molecule has 6 rings (SSSR count). The van der Waals surface area contributed by atoms with Crippen LogP contribution in [0.4, 0.5) is 0 Å².